The summed E-state index contributed by atoms with van der Waals surface area (Å²) in [6.45, 7) is 1.64. The molecule has 1 unspecified atom stereocenters. The van der Waals surface area contributed by atoms with Gasteiger partial charge in [0.05, 0.1) is 25.3 Å². The molecular weight excluding hydrogens is 410 g/mol. The molecular formula is C13H17Cl3F3N3O3. The van der Waals surface area contributed by atoms with Crippen LogP contribution < -0.4 is 15.4 Å². The van der Waals surface area contributed by atoms with E-state index in [0.29, 0.717) is 26.0 Å². The van der Waals surface area contributed by atoms with Crippen LogP contribution in [0.4, 0.5) is 13.2 Å². The van der Waals surface area contributed by atoms with Gasteiger partial charge in [0.15, 0.2) is 0 Å². The van der Waals surface area contributed by atoms with Crippen molar-refractivity contribution in [3.8, 4) is 5.88 Å². The van der Waals surface area contributed by atoms with Crippen LogP contribution in [0.15, 0.2) is 12.3 Å². The Hall–Kier alpha value is -1.00. The summed E-state index contributed by atoms with van der Waals surface area (Å²) in [4.78, 5) is 15.3. The number of nitrogens with one attached hydrogen (secondary N) is 2. The molecule has 1 fully saturated rings. The van der Waals surface area contributed by atoms with E-state index in [0.717, 1.165) is 6.07 Å². The second-order valence-corrected chi connectivity index (χ2v) is 5.14. The molecule has 2 rings (SSSR count). The van der Waals surface area contributed by atoms with Crippen LogP contribution in [-0.4, -0.2) is 49.8 Å². The zero-order valence-electron chi connectivity index (χ0n) is 12.8. The van der Waals surface area contributed by atoms with Crippen molar-refractivity contribution in [2.75, 3.05) is 32.9 Å². The predicted octanol–water partition coefficient (Wildman–Crippen LogP) is 2.08. The van der Waals surface area contributed by atoms with E-state index in [-0.39, 0.29) is 54.8 Å². The van der Waals surface area contributed by atoms with Gasteiger partial charge in [0, 0.05) is 12.7 Å². The molecule has 1 aromatic rings. The zero-order chi connectivity index (χ0) is 16.9. The van der Waals surface area contributed by atoms with E-state index in [1.54, 1.807) is 0 Å². The Morgan fingerprint density at radius 2 is 2.20 bits per heavy atom. The number of pyridine rings is 1. The number of hydrogen-bond acceptors (Lipinski definition) is 5. The van der Waals surface area contributed by atoms with Crippen LogP contribution in [0.5, 0.6) is 5.88 Å². The molecule has 0 aliphatic carbocycles. The molecule has 2 N–H and O–H groups in total. The van der Waals surface area contributed by atoms with Gasteiger partial charge in [-0.25, -0.2) is 4.98 Å². The zero-order valence-corrected chi connectivity index (χ0v) is 15.2. The highest BCUT2D eigenvalue weighted by Crippen LogP contribution is 2.32. The molecule has 1 aromatic heterocycles. The number of morpholine rings is 1. The van der Waals surface area contributed by atoms with Crippen molar-refractivity contribution < 1.29 is 27.4 Å². The summed E-state index contributed by atoms with van der Waals surface area (Å²) in [6, 6.07) is 0.322. The van der Waals surface area contributed by atoms with Gasteiger partial charge in [0.1, 0.15) is 17.7 Å². The number of amides is 1. The molecule has 0 radical (unpaired) electrons. The van der Waals surface area contributed by atoms with Gasteiger partial charge >= 0.3 is 6.18 Å². The Kier molecular flexibility index (Phi) is 10.4. The summed E-state index contributed by atoms with van der Waals surface area (Å²) in [5, 5.41) is 5.37. The maximum absolute atomic E-state index is 12.5. The Morgan fingerprint density at radius 1 is 1.48 bits per heavy atom. The molecule has 1 saturated heterocycles. The van der Waals surface area contributed by atoms with E-state index < -0.39 is 17.8 Å². The molecule has 2 heterocycles. The van der Waals surface area contributed by atoms with Gasteiger partial charge in [0.25, 0.3) is 0 Å². The Balaban J connectivity index is 0.00000288. The molecule has 144 valence electrons. The molecule has 0 spiro atoms. The van der Waals surface area contributed by atoms with Gasteiger partial charge < -0.3 is 20.1 Å². The minimum Gasteiger partial charge on any atom is -0.475 e. The number of hydrogen-bond donors (Lipinski definition) is 2. The first-order chi connectivity index (χ1) is 10.9. The summed E-state index contributed by atoms with van der Waals surface area (Å²) < 4.78 is 47.7. The van der Waals surface area contributed by atoms with Crippen LogP contribution in [0.25, 0.3) is 0 Å². The van der Waals surface area contributed by atoms with Crippen molar-refractivity contribution in [2.45, 2.75) is 12.2 Å². The highest BCUT2D eigenvalue weighted by molar-refractivity contribution is 6.31. The third-order valence-electron chi connectivity index (χ3n) is 3.01. The Morgan fingerprint density at radius 3 is 2.76 bits per heavy atom. The van der Waals surface area contributed by atoms with Gasteiger partial charge in [-0.1, -0.05) is 11.6 Å². The summed E-state index contributed by atoms with van der Waals surface area (Å²) in [5.41, 5.74) is -0.952. The topological polar surface area (TPSA) is 72.5 Å². The number of ether oxygens (including phenoxy) is 2. The average molecular weight is 427 g/mol. The Bertz CT molecular complexity index is 558. The summed E-state index contributed by atoms with van der Waals surface area (Å²) in [7, 11) is 0. The molecule has 0 saturated carbocycles. The lowest BCUT2D eigenvalue weighted by Crippen LogP contribution is -2.51. The van der Waals surface area contributed by atoms with E-state index in [1.807, 2.05) is 0 Å². The average Bonchev–Trinajstić information content (AvgIpc) is 2.52. The summed E-state index contributed by atoms with van der Waals surface area (Å²) in [6.07, 6.45) is -3.87. The van der Waals surface area contributed by atoms with E-state index in [2.05, 4.69) is 15.6 Å². The lowest BCUT2D eigenvalue weighted by molar-refractivity contribution is -0.137. The van der Waals surface area contributed by atoms with Crippen LogP contribution in [0.2, 0.25) is 5.02 Å². The van der Waals surface area contributed by atoms with Gasteiger partial charge in [-0.3, -0.25) is 4.79 Å². The third kappa shape index (κ3) is 7.41. The number of alkyl halides is 3. The van der Waals surface area contributed by atoms with Crippen molar-refractivity contribution in [1.29, 1.82) is 0 Å². The minimum absolute atomic E-state index is 0. The third-order valence-corrected chi connectivity index (χ3v) is 3.28. The smallest absolute Gasteiger partial charge is 0.417 e. The fourth-order valence-electron chi connectivity index (χ4n) is 1.87. The predicted molar refractivity (Wildman–Crippen MR) is 89.9 cm³/mol. The fraction of sp³-hybridized carbons (Fsp3) is 0.538. The first-order valence-electron chi connectivity index (χ1n) is 6.82. The minimum atomic E-state index is -4.52. The van der Waals surface area contributed by atoms with Crippen molar-refractivity contribution >= 4 is 42.3 Å². The maximum Gasteiger partial charge on any atom is 0.417 e. The number of carbonyl (C=O) groups excluding carboxylic acids is 1. The van der Waals surface area contributed by atoms with E-state index in [1.165, 1.54) is 0 Å². The van der Waals surface area contributed by atoms with Gasteiger partial charge in [-0.15, -0.1) is 24.8 Å². The summed E-state index contributed by atoms with van der Waals surface area (Å²) in [5.74, 6) is -0.354. The van der Waals surface area contributed by atoms with E-state index >= 15 is 0 Å². The molecule has 1 amide bonds. The van der Waals surface area contributed by atoms with Crippen molar-refractivity contribution in [3.63, 3.8) is 0 Å². The SMILES string of the molecule is Cl.Cl.O=C(NCCOc1ncc(C(F)(F)F)cc1Cl)C1COCCN1. The normalized spacial score (nSPS) is 17.0. The lowest BCUT2D eigenvalue weighted by Gasteiger charge is -2.22. The second-order valence-electron chi connectivity index (χ2n) is 4.73. The molecule has 1 aliphatic heterocycles. The molecule has 0 bridgehead atoms. The van der Waals surface area contributed by atoms with Crippen LogP contribution in [0, 0.1) is 0 Å². The van der Waals surface area contributed by atoms with Crippen LogP contribution in [0.1, 0.15) is 5.56 Å². The number of carbonyl (C=O) groups is 1. The largest absolute Gasteiger partial charge is 0.475 e. The highest BCUT2D eigenvalue weighted by Gasteiger charge is 2.31. The van der Waals surface area contributed by atoms with E-state index in [4.69, 9.17) is 21.1 Å². The molecule has 25 heavy (non-hydrogen) atoms. The molecule has 12 heteroatoms. The highest BCUT2D eigenvalue weighted by atomic mass is 35.5. The van der Waals surface area contributed by atoms with Gasteiger partial charge in [-0.2, -0.15) is 13.2 Å². The monoisotopic (exact) mass is 425 g/mol. The molecule has 6 nitrogen and oxygen atoms in total. The van der Waals surface area contributed by atoms with E-state index in [9.17, 15) is 18.0 Å². The first-order valence-corrected chi connectivity index (χ1v) is 7.20. The molecule has 0 aromatic carbocycles. The number of nitrogens with zero attached hydrogens (tertiary/aromatic N) is 1. The standard InChI is InChI=1S/C13H15ClF3N3O3.2ClH/c14-9-5-8(13(15,16)17)6-20-12(9)23-4-2-19-11(21)10-7-22-3-1-18-10;;/h5-6,10,18H,1-4,7H2,(H,19,21);2*1H. The number of halogens is 6. The lowest BCUT2D eigenvalue weighted by atomic mass is 10.2. The Labute approximate surface area is 159 Å². The van der Waals surface area contributed by atoms with Crippen molar-refractivity contribution in [3.05, 3.63) is 22.8 Å². The van der Waals surface area contributed by atoms with Gasteiger partial charge in [-0.05, 0) is 6.07 Å². The summed E-state index contributed by atoms with van der Waals surface area (Å²) >= 11 is 5.70. The van der Waals surface area contributed by atoms with Crippen molar-refractivity contribution in [2.24, 2.45) is 0 Å². The first kappa shape index (κ1) is 24.0. The van der Waals surface area contributed by atoms with Crippen LogP contribution in [0.3, 0.4) is 0 Å². The van der Waals surface area contributed by atoms with Crippen molar-refractivity contribution in [1.82, 2.24) is 15.6 Å². The number of rotatable bonds is 5. The quantitative estimate of drug-likeness (QED) is 0.706. The van der Waals surface area contributed by atoms with Crippen LogP contribution >= 0.6 is 36.4 Å². The molecule has 1 atom stereocenters. The molecule has 1 aliphatic rings. The van der Waals surface area contributed by atoms with Crippen LogP contribution in [-0.2, 0) is 15.7 Å². The fourth-order valence-corrected chi connectivity index (χ4v) is 2.09. The second kappa shape index (κ2) is 10.9. The van der Waals surface area contributed by atoms with Gasteiger partial charge in [0.2, 0.25) is 11.8 Å². The number of aromatic nitrogens is 1. The maximum atomic E-state index is 12.5.